The lowest BCUT2D eigenvalue weighted by atomic mass is 10.2. The number of nitrogens with zero attached hydrogens (tertiary/aromatic N) is 2. The highest BCUT2D eigenvalue weighted by molar-refractivity contribution is 5.57. The van der Waals surface area contributed by atoms with Crippen LogP contribution in [0.3, 0.4) is 0 Å². The summed E-state index contributed by atoms with van der Waals surface area (Å²) in [5, 5.41) is 6.37. The van der Waals surface area contributed by atoms with Crippen molar-refractivity contribution in [1.29, 1.82) is 0 Å². The van der Waals surface area contributed by atoms with E-state index in [1.54, 1.807) is 7.11 Å². The van der Waals surface area contributed by atoms with Crippen molar-refractivity contribution in [3.8, 4) is 0 Å². The van der Waals surface area contributed by atoms with Gasteiger partial charge in [0.15, 0.2) is 0 Å². The van der Waals surface area contributed by atoms with Crippen LogP contribution in [0.15, 0.2) is 0 Å². The van der Waals surface area contributed by atoms with E-state index in [1.165, 1.54) is 0 Å². The molecule has 0 aliphatic carbocycles. The summed E-state index contributed by atoms with van der Waals surface area (Å²) >= 11 is 0. The first-order valence-corrected chi connectivity index (χ1v) is 5.37. The number of aryl methyl sites for hydroxylation is 1. The average Bonchev–Trinajstić information content (AvgIpc) is 2.23. The second kappa shape index (κ2) is 5.65. The highest BCUT2D eigenvalue weighted by Gasteiger charge is 2.10. The lowest BCUT2D eigenvalue weighted by molar-refractivity contribution is 0.190. The van der Waals surface area contributed by atoms with E-state index in [4.69, 9.17) is 4.74 Å². The van der Waals surface area contributed by atoms with Crippen LogP contribution in [0.5, 0.6) is 0 Å². The Kier molecular flexibility index (Phi) is 4.49. The van der Waals surface area contributed by atoms with Gasteiger partial charge in [0.2, 0.25) is 0 Å². The molecule has 0 amide bonds. The predicted octanol–water partition coefficient (Wildman–Crippen LogP) is 1.58. The molecular formula is C11H20N4O. The maximum absolute atomic E-state index is 5.08. The predicted molar refractivity (Wildman–Crippen MR) is 66.0 cm³/mol. The van der Waals surface area contributed by atoms with Gasteiger partial charge in [-0.2, -0.15) is 0 Å². The van der Waals surface area contributed by atoms with Crippen molar-refractivity contribution in [2.75, 3.05) is 31.4 Å². The van der Waals surface area contributed by atoms with Gasteiger partial charge in [-0.1, -0.05) is 0 Å². The van der Waals surface area contributed by atoms with Gasteiger partial charge in [-0.15, -0.1) is 0 Å². The zero-order valence-electron chi connectivity index (χ0n) is 10.6. The van der Waals surface area contributed by atoms with Crippen molar-refractivity contribution in [2.45, 2.75) is 26.8 Å². The zero-order valence-corrected chi connectivity index (χ0v) is 10.6. The molecule has 0 spiro atoms. The number of ether oxygens (including phenoxy) is 1. The largest absolute Gasteiger partial charge is 0.383 e. The standard InChI is InChI=1S/C11H20N4O/c1-7(6-16-5)13-11-8(2)10(12-4)14-9(3)15-11/h7H,6H2,1-5H3,(H2,12,13,14,15). The Morgan fingerprint density at radius 1 is 1.25 bits per heavy atom. The summed E-state index contributed by atoms with van der Waals surface area (Å²) in [7, 11) is 3.55. The minimum Gasteiger partial charge on any atom is -0.383 e. The van der Waals surface area contributed by atoms with Crippen molar-refractivity contribution in [3.05, 3.63) is 11.4 Å². The molecule has 0 aromatic carbocycles. The second-order valence-electron chi connectivity index (χ2n) is 3.84. The van der Waals surface area contributed by atoms with E-state index in [0.29, 0.717) is 6.61 Å². The Hall–Kier alpha value is -1.36. The van der Waals surface area contributed by atoms with E-state index >= 15 is 0 Å². The minimum absolute atomic E-state index is 0.225. The molecule has 1 rings (SSSR count). The van der Waals surface area contributed by atoms with Crippen molar-refractivity contribution >= 4 is 11.6 Å². The van der Waals surface area contributed by atoms with Crippen molar-refractivity contribution in [3.63, 3.8) is 0 Å². The minimum atomic E-state index is 0.225. The molecule has 0 radical (unpaired) electrons. The molecule has 1 atom stereocenters. The third-order valence-electron chi connectivity index (χ3n) is 2.29. The zero-order chi connectivity index (χ0) is 12.1. The van der Waals surface area contributed by atoms with Crippen LogP contribution >= 0.6 is 0 Å². The molecule has 0 aliphatic rings. The molecule has 0 bridgehead atoms. The van der Waals surface area contributed by atoms with Crippen LogP contribution in [0.25, 0.3) is 0 Å². The molecule has 2 N–H and O–H groups in total. The van der Waals surface area contributed by atoms with Gasteiger partial charge in [0, 0.05) is 25.8 Å². The number of nitrogens with one attached hydrogen (secondary N) is 2. The van der Waals surface area contributed by atoms with E-state index in [9.17, 15) is 0 Å². The van der Waals surface area contributed by atoms with Gasteiger partial charge in [0.25, 0.3) is 0 Å². The Morgan fingerprint density at radius 2 is 1.88 bits per heavy atom. The molecule has 5 heteroatoms. The number of aromatic nitrogens is 2. The highest BCUT2D eigenvalue weighted by atomic mass is 16.5. The molecular weight excluding hydrogens is 204 g/mol. The molecule has 1 aromatic heterocycles. The van der Waals surface area contributed by atoms with Gasteiger partial charge < -0.3 is 15.4 Å². The normalized spacial score (nSPS) is 12.3. The molecule has 0 saturated heterocycles. The third-order valence-corrected chi connectivity index (χ3v) is 2.29. The topological polar surface area (TPSA) is 59.1 Å². The molecule has 16 heavy (non-hydrogen) atoms. The Bertz CT molecular complexity index is 354. The summed E-state index contributed by atoms with van der Waals surface area (Å²) in [5.74, 6) is 2.48. The summed E-state index contributed by atoms with van der Waals surface area (Å²) in [6.07, 6.45) is 0. The first-order chi connectivity index (χ1) is 7.58. The van der Waals surface area contributed by atoms with Gasteiger partial charge in [0.05, 0.1) is 6.61 Å². The monoisotopic (exact) mass is 224 g/mol. The average molecular weight is 224 g/mol. The maximum Gasteiger partial charge on any atom is 0.135 e. The van der Waals surface area contributed by atoms with Crippen LogP contribution in [-0.4, -0.2) is 36.8 Å². The first-order valence-electron chi connectivity index (χ1n) is 5.37. The smallest absolute Gasteiger partial charge is 0.135 e. The van der Waals surface area contributed by atoms with E-state index in [1.807, 2.05) is 20.9 Å². The summed E-state index contributed by atoms with van der Waals surface area (Å²) in [6, 6.07) is 0.225. The third kappa shape index (κ3) is 3.06. The fourth-order valence-corrected chi connectivity index (χ4v) is 1.54. The van der Waals surface area contributed by atoms with Gasteiger partial charge in [-0.25, -0.2) is 9.97 Å². The van der Waals surface area contributed by atoms with Gasteiger partial charge in [-0.05, 0) is 20.8 Å². The number of hydrogen-bond donors (Lipinski definition) is 2. The summed E-state index contributed by atoms with van der Waals surface area (Å²) in [6.45, 7) is 6.58. The molecule has 0 aliphatic heterocycles. The second-order valence-corrected chi connectivity index (χ2v) is 3.84. The molecule has 0 fully saturated rings. The molecule has 1 unspecified atom stereocenters. The van der Waals surface area contributed by atoms with Crippen molar-refractivity contribution in [2.24, 2.45) is 0 Å². The van der Waals surface area contributed by atoms with Gasteiger partial charge in [-0.3, -0.25) is 0 Å². The number of hydrogen-bond acceptors (Lipinski definition) is 5. The lowest BCUT2D eigenvalue weighted by Gasteiger charge is -2.17. The first kappa shape index (κ1) is 12.7. The van der Waals surface area contributed by atoms with Crippen LogP contribution in [0.4, 0.5) is 11.6 Å². The van der Waals surface area contributed by atoms with Crippen LogP contribution in [0.1, 0.15) is 18.3 Å². The van der Waals surface area contributed by atoms with E-state index in [-0.39, 0.29) is 6.04 Å². The Balaban J connectivity index is 2.90. The molecule has 90 valence electrons. The van der Waals surface area contributed by atoms with Crippen molar-refractivity contribution < 1.29 is 4.74 Å². The Labute approximate surface area is 96.6 Å². The quantitative estimate of drug-likeness (QED) is 0.795. The number of methoxy groups -OCH3 is 1. The van der Waals surface area contributed by atoms with Crippen LogP contribution < -0.4 is 10.6 Å². The van der Waals surface area contributed by atoms with Crippen LogP contribution in [0, 0.1) is 13.8 Å². The molecule has 1 aromatic rings. The van der Waals surface area contributed by atoms with Crippen LogP contribution in [-0.2, 0) is 4.74 Å². The molecule has 5 nitrogen and oxygen atoms in total. The number of rotatable bonds is 5. The summed E-state index contributed by atoms with van der Waals surface area (Å²) < 4.78 is 5.08. The summed E-state index contributed by atoms with van der Waals surface area (Å²) in [4.78, 5) is 8.70. The van der Waals surface area contributed by atoms with E-state index < -0.39 is 0 Å². The highest BCUT2D eigenvalue weighted by Crippen LogP contribution is 2.19. The SMILES string of the molecule is CNc1nc(C)nc(NC(C)COC)c1C. The van der Waals surface area contributed by atoms with Gasteiger partial charge in [0.1, 0.15) is 17.5 Å². The fraction of sp³-hybridized carbons (Fsp3) is 0.636. The maximum atomic E-state index is 5.08. The lowest BCUT2D eigenvalue weighted by Crippen LogP contribution is -2.22. The molecule has 1 heterocycles. The fourth-order valence-electron chi connectivity index (χ4n) is 1.54. The van der Waals surface area contributed by atoms with Crippen LogP contribution in [0.2, 0.25) is 0 Å². The van der Waals surface area contributed by atoms with E-state index in [0.717, 1.165) is 23.0 Å². The molecule has 0 saturated carbocycles. The van der Waals surface area contributed by atoms with Crippen molar-refractivity contribution in [1.82, 2.24) is 9.97 Å². The summed E-state index contributed by atoms with van der Waals surface area (Å²) in [5.41, 5.74) is 1.02. The Morgan fingerprint density at radius 3 is 2.44 bits per heavy atom. The van der Waals surface area contributed by atoms with Gasteiger partial charge >= 0.3 is 0 Å². The number of anilines is 2. The van der Waals surface area contributed by atoms with E-state index in [2.05, 4.69) is 27.5 Å².